The van der Waals surface area contributed by atoms with Crippen molar-refractivity contribution >= 4 is 22.8 Å². The van der Waals surface area contributed by atoms with Crippen molar-refractivity contribution in [2.45, 2.75) is 6.61 Å². The fourth-order valence-electron chi connectivity index (χ4n) is 1.63. The van der Waals surface area contributed by atoms with Gasteiger partial charge in [0.05, 0.1) is 0 Å². The smallest absolute Gasteiger partial charge is 0.156 e. The first-order chi connectivity index (χ1) is 8.72. The lowest BCUT2D eigenvalue weighted by Crippen LogP contribution is -2.24. The molecule has 6 heteroatoms. The van der Waals surface area contributed by atoms with Gasteiger partial charge in [0.25, 0.3) is 0 Å². The summed E-state index contributed by atoms with van der Waals surface area (Å²) in [5.41, 5.74) is 1.01. The molecule has 19 heavy (non-hydrogen) atoms. The van der Waals surface area contributed by atoms with E-state index in [2.05, 4.69) is 10.1 Å². The highest BCUT2D eigenvalue weighted by atomic mass is 79.9. The third-order valence-electron chi connectivity index (χ3n) is 2.50. The summed E-state index contributed by atoms with van der Waals surface area (Å²) in [5, 5.41) is 13.7. The molecule has 1 heterocycles. The normalized spacial score (nSPS) is 11.0. The maximum atomic E-state index is 9.16. The summed E-state index contributed by atoms with van der Waals surface area (Å²) in [6.07, 6.45) is 3.34. The van der Waals surface area contributed by atoms with Crippen LogP contribution in [0.2, 0.25) is 0 Å². The molecule has 0 saturated heterocycles. The number of aromatic nitrogens is 2. The zero-order chi connectivity index (χ0) is 13.0. The molecule has 2 aromatic rings. The van der Waals surface area contributed by atoms with Crippen LogP contribution in [-0.4, -0.2) is 39.6 Å². The van der Waals surface area contributed by atoms with E-state index < -0.39 is 0 Å². The summed E-state index contributed by atoms with van der Waals surface area (Å²) in [5.74, 6) is 1.33. The molecule has 0 aliphatic heterocycles. The first kappa shape index (κ1) is 15.4. The molecule has 0 fully saturated rings. The summed E-state index contributed by atoms with van der Waals surface area (Å²) in [6, 6.07) is 9.89. The monoisotopic (exact) mass is 324 g/mol. The summed E-state index contributed by atoms with van der Waals surface area (Å²) in [6.45, 7) is -0.133. The molecular formula is C13H17BrN4O. The molecule has 0 atom stereocenters. The molecule has 0 aliphatic rings. The van der Waals surface area contributed by atoms with E-state index in [4.69, 9.17) is 5.11 Å². The Morgan fingerprint density at radius 1 is 1.32 bits per heavy atom. The molecular weight excluding hydrogens is 308 g/mol. The predicted molar refractivity (Wildman–Crippen MR) is 80.5 cm³/mol. The van der Waals surface area contributed by atoms with Crippen molar-refractivity contribution < 1.29 is 5.11 Å². The third-order valence-corrected chi connectivity index (χ3v) is 2.50. The van der Waals surface area contributed by atoms with Crippen LogP contribution >= 0.6 is 17.0 Å². The van der Waals surface area contributed by atoms with Gasteiger partial charge in [-0.25, -0.2) is 9.66 Å². The molecule has 0 amide bonds. The Labute approximate surface area is 123 Å². The van der Waals surface area contributed by atoms with E-state index in [1.54, 1.807) is 17.1 Å². The second-order valence-corrected chi connectivity index (χ2v) is 4.03. The van der Waals surface area contributed by atoms with Gasteiger partial charge in [0.2, 0.25) is 0 Å². The molecule has 1 aromatic carbocycles. The molecule has 102 valence electrons. The van der Waals surface area contributed by atoms with Crippen molar-refractivity contribution in [2.24, 2.45) is 5.10 Å². The number of halogens is 1. The van der Waals surface area contributed by atoms with Crippen LogP contribution in [0.5, 0.6) is 0 Å². The number of aliphatic hydroxyl groups is 1. The zero-order valence-electron chi connectivity index (χ0n) is 10.9. The molecule has 0 bridgehead atoms. The van der Waals surface area contributed by atoms with Gasteiger partial charge in [-0.05, 0) is 0 Å². The average Bonchev–Trinajstić information content (AvgIpc) is 2.83. The van der Waals surface area contributed by atoms with E-state index in [-0.39, 0.29) is 23.6 Å². The molecule has 0 aliphatic carbocycles. The van der Waals surface area contributed by atoms with Gasteiger partial charge in [-0.3, -0.25) is 0 Å². The molecule has 0 spiro atoms. The fourth-order valence-corrected chi connectivity index (χ4v) is 1.63. The van der Waals surface area contributed by atoms with Crippen LogP contribution in [0, 0.1) is 0 Å². The Hall–Kier alpha value is -1.66. The quantitative estimate of drug-likeness (QED) is 0.691. The van der Waals surface area contributed by atoms with E-state index >= 15 is 0 Å². The fraction of sp³-hybridized carbons (Fsp3) is 0.231. The standard InChI is InChI=1S/C13H16N4O.BrH/c1-16(2)13(11-6-4-3-5-7-11)15-17-9-8-14-12(17)10-18;/h3-9,18H,10H2,1-2H3;1H. The van der Waals surface area contributed by atoms with E-state index in [1.165, 1.54) is 0 Å². The minimum atomic E-state index is -0.133. The minimum Gasteiger partial charge on any atom is -0.388 e. The van der Waals surface area contributed by atoms with Gasteiger partial charge in [0, 0.05) is 32.1 Å². The highest BCUT2D eigenvalue weighted by Gasteiger charge is 2.07. The van der Waals surface area contributed by atoms with Crippen LogP contribution in [0.1, 0.15) is 11.4 Å². The van der Waals surface area contributed by atoms with Gasteiger partial charge >= 0.3 is 0 Å². The number of amidine groups is 1. The van der Waals surface area contributed by atoms with Gasteiger partial charge in [-0.2, -0.15) is 0 Å². The van der Waals surface area contributed by atoms with Gasteiger partial charge in [0.1, 0.15) is 6.61 Å². The van der Waals surface area contributed by atoms with Crippen molar-refractivity contribution in [1.29, 1.82) is 0 Å². The Bertz CT molecular complexity index is 537. The zero-order valence-corrected chi connectivity index (χ0v) is 12.6. The van der Waals surface area contributed by atoms with E-state index in [9.17, 15) is 0 Å². The lowest BCUT2D eigenvalue weighted by atomic mass is 10.2. The van der Waals surface area contributed by atoms with Crippen molar-refractivity contribution in [2.75, 3.05) is 14.1 Å². The average molecular weight is 325 g/mol. The lowest BCUT2D eigenvalue weighted by molar-refractivity contribution is 0.267. The number of hydrogen-bond donors (Lipinski definition) is 1. The van der Waals surface area contributed by atoms with E-state index in [0.717, 1.165) is 11.4 Å². The third kappa shape index (κ3) is 3.65. The Balaban J connectivity index is 0.00000180. The van der Waals surface area contributed by atoms with Gasteiger partial charge in [0.15, 0.2) is 11.7 Å². The lowest BCUT2D eigenvalue weighted by Gasteiger charge is -2.16. The van der Waals surface area contributed by atoms with Crippen LogP contribution in [0.3, 0.4) is 0 Å². The number of aliphatic hydroxyl groups excluding tert-OH is 1. The van der Waals surface area contributed by atoms with Gasteiger partial charge in [-0.15, -0.1) is 22.1 Å². The Kier molecular flexibility index (Phi) is 5.72. The number of hydrogen-bond acceptors (Lipinski definition) is 3. The highest BCUT2D eigenvalue weighted by molar-refractivity contribution is 8.93. The largest absolute Gasteiger partial charge is 0.388 e. The van der Waals surface area contributed by atoms with Crippen molar-refractivity contribution in [3.8, 4) is 0 Å². The molecule has 0 saturated carbocycles. The van der Waals surface area contributed by atoms with Crippen molar-refractivity contribution in [3.05, 3.63) is 54.1 Å². The van der Waals surface area contributed by atoms with Crippen LogP contribution in [0.4, 0.5) is 0 Å². The van der Waals surface area contributed by atoms with Gasteiger partial charge < -0.3 is 10.0 Å². The highest BCUT2D eigenvalue weighted by Crippen LogP contribution is 2.06. The molecule has 2 rings (SSSR count). The Morgan fingerprint density at radius 2 is 2.00 bits per heavy atom. The number of nitrogens with zero attached hydrogens (tertiary/aromatic N) is 4. The molecule has 0 unspecified atom stereocenters. The number of rotatable bonds is 3. The molecule has 5 nitrogen and oxygen atoms in total. The summed E-state index contributed by atoms with van der Waals surface area (Å²) >= 11 is 0. The topological polar surface area (TPSA) is 53.7 Å². The van der Waals surface area contributed by atoms with Crippen LogP contribution in [-0.2, 0) is 6.61 Å². The number of benzene rings is 1. The second-order valence-electron chi connectivity index (χ2n) is 4.03. The van der Waals surface area contributed by atoms with E-state index in [1.807, 2.05) is 49.3 Å². The maximum Gasteiger partial charge on any atom is 0.156 e. The predicted octanol–water partition coefficient (Wildman–Crippen LogP) is 1.72. The van der Waals surface area contributed by atoms with Crippen molar-refractivity contribution in [1.82, 2.24) is 14.6 Å². The van der Waals surface area contributed by atoms with Crippen molar-refractivity contribution in [3.63, 3.8) is 0 Å². The SMILES string of the molecule is Br.CN(C)C(=Nn1ccnc1CO)c1ccccc1. The first-order valence-electron chi connectivity index (χ1n) is 5.67. The molecule has 1 aromatic heterocycles. The first-order valence-corrected chi connectivity index (χ1v) is 5.67. The maximum absolute atomic E-state index is 9.16. The second kappa shape index (κ2) is 7.06. The molecule has 1 N–H and O–H groups in total. The van der Waals surface area contributed by atoms with E-state index in [0.29, 0.717) is 5.82 Å². The summed E-state index contributed by atoms with van der Waals surface area (Å²) in [4.78, 5) is 5.96. The number of imidazole rings is 1. The summed E-state index contributed by atoms with van der Waals surface area (Å²) < 4.78 is 1.59. The van der Waals surface area contributed by atoms with Crippen LogP contribution in [0.25, 0.3) is 0 Å². The van der Waals surface area contributed by atoms with Gasteiger partial charge in [-0.1, -0.05) is 30.3 Å². The summed E-state index contributed by atoms with van der Waals surface area (Å²) in [7, 11) is 3.86. The van der Waals surface area contributed by atoms with Crippen LogP contribution in [0.15, 0.2) is 47.8 Å². The molecule has 0 radical (unpaired) electrons. The Morgan fingerprint density at radius 3 is 2.58 bits per heavy atom. The van der Waals surface area contributed by atoms with Crippen LogP contribution < -0.4 is 0 Å². The minimum absolute atomic E-state index is 0.